The number of benzene rings is 2. The van der Waals surface area contributed by atoms with Crippen molar-refractivity contribution in [3.63, 3.8) is 0 Å². The van der Waals surface area contributed by atoms with Gasteiger partial charge in [0.1, 0.15) is 11.8 Å². The van der Waals surface area contributed by atoms with Gasteiger partial charge in [0, 0.05) is 18.2 Å². The van der Waals surface area contributed by atoms with E-state index in [4.69, 9.17) is 5.73 Å². The maximum Gasteiger partial charge on any atom is 0.327 e. The summed E-state index contributed by atoms with van der Waals surface area (Å²) in [7, 11) is 2.80. The molecule has 38 heavy (non-hydrogen) atoms. The van der Waals surface area contributed by atoms with Crippen molar-refractivity contribution >= 4 is 39.4 Å². The number of carbonyl (C=O) groups is 3. The highest BCUT2D eigenvalue weighted by molar-refractivity contribution is 8.77. The van der Waals surface area contributed by atoms with E-state index in [2.05, 4.69) is 16.0 Å². The number of carbonyl (C=O) groups excluding carboxylic acids is 2. The number of phenols is 1. The monoisotopic (exact) mass is 560 g/mol. The summed E-state index contributed by atoms with van der Waals surface area (Å²) in [5.41, 5.74) is 7.94. The summed E-state index contributed by atoms with van der Waals surface area (Å²) in [6, 6.07) is 13.1. The van der Waals surface area contributed by atoms with E-state index in [1.807, 2.05) is 37.3 Å². The molecule has 1 saturated heterocycles. The molecule has 1 aliphatic heterocycles. The normalized spacial score (nSPS) is 23.8. The molecule has 2 aromatic rings. The highest BCUT2D eigenvalue weighted by Crippen LogP contribution is 2.39. The lowest BCUT2D eigenvalue weighted by molar-refractivity contribution is -0.143. The first-order chi connectivity index (χ1) is 18.0. The third kappa shape index (κ3) is 8.13. The van der Waals surface area contributed by atoms with Crippen LogP contribution in [0.25, 0.3) is 0 Å². The lowest BCUT2D eigenvalue weighted by Gasteiger charge is -2.32. The van der Waals surface area contributed by atoms with Gasteiger partial charge in [-0.1, -0.05) is 71.0 Å². The van der Waals surface area contributed by atoms with Crippen LogP contribution in [0.4, 0.5) is 0 Å². The molecule has 2 amide bonds. The van der Waals surface area contributed by atoms with Crippen molar-refractivity contribution < 1.29 is 24.6 Å². The van der Waals surface area contributed by atoms with Crippen LogP contribution >= 0.6 is 21.6 Å². The summed E-state index contributed by atoms with van der Waals surface area (Å²) in [5.74, 6) is -1.49. The number of rotatable bonds is 7. The first-order valence-electron chi connectivity index (χ1n) is 12.4. The third-order valence-electron chi connectivity index (χ3n) is 6.54. The third-order valence-corrected chi connectivity index (χ3v) is 9.91. The fourth-order valence-electron chi connectivity index (χ4n) is 4.23. The van der Waals surface area contributed by atoms with E-state index in [9.17, 15) is 24.6 Å². The number of amides is 2. The van der Waals surface area contributed by atoms with Gasteiger partial charge < -0.3 is 31.9 Å². The summed E-state index contributed by atoms with van der Waals surface area (Å²) in [5, 5.41) is 28.4. The number of nitrogens with two attached hydrogens (primary N) is 1. The number of hydrogen-bond acceptors (Lipinski definition) is 8. The Morgan fingerprint density at radius 3 is 2.45 bits per heavy atom. The van der Waals surface area contributed by atoms with Crippen LogP contribution in [0.5, 0.6) is 5.75 Å². The molecule has 1 aliphatic rings. The molecule has 0 saturated carbocycles. The van der Waals surface area contributed by atoms with Gasteiger partial charge in [-0.2, -0.15) is 0 Å². The second-order valence-corrected chi connectivity index (χ2v) is 13.0. The molecule has 1 fully saturated rings. The van der Waals surface area contributed by atoms with Gasteiger partial charge in [-0.25, -0.2) is 4.79 Å². The zero-order chi connectivity index (χ0) is 27.9. The summed E-state index contributed by atoms with van der Waals surface area (Å²) < 4.78 is -0.819. The van der Waals surface area contributed by atoms with Gasteiger partial charge in [0.15, 0.2) is 0 Å². The zero-order valence-corrected chi connectivity index (χ0v) is 23.4. The van der Waals surface area contributed by atoms with Crippen molar-refractivity contribution in [2.24, 2.45) is 5.73 Å². The molecule has 0 radical (unpaired) electrons. The Morgan fingerprint density at radius 1 is 1.16 bits per heavy atom. The zero-order valence-electron chi connectivity index (χ0n) is 21.7. The Bertz CT molecular complexity index is 1100. The molecule has 0 aliphatic carbocycles. The number of carboxylic acids is 1. The quantitative estimate of drug-likeness (QED) is 0.280. The summed E-state index contributed by atoms with van der Waals surface area (Å²) >= 11 is 0. The van der Waals surface area contributed by atoms with Crippen molar-refractivity contribution in [2.45, 2.75) is 62.0 Å². The Labute approximate surface area is 231 Å². The van der Waals surface area contributed by atoms with Crippen LogP contribution in [0.3, 0.4) is 0 Å². The lowest BCUT2D eigenvalue weighted by Crippen LogP contribution is -2.58. The van der Waals surface area contributed by atoms with Crippen molar-refractivity contribution in [1.29, 1.82) is 0 Å². The van der Waals surface area contributed by atoms with E-state index >= 15 is 0 Å². The number of phenolic OH excluding ortho intramolecular Hbond substituents is 1. The van der Waals surface area contributed by atoms with Gasteiger partial charge in [0.25, 0.3) is 0 Å². The van der Waals surface area contributed by atoms with E-state index in [1.165, 1.54) is 21.6 Å². The van der Waals surface area contributed by atoms with Gasteiger partial charge in [0.05, 0.1) is 22.9 Å². The van der Waals surface area contributed by atoms with Crippen LogP contribution in [-0.4, -0.2) is 69.2 Å². The van der Waals surface area contributed by atoms with Gasteiger partial charge in [-0.05, 0) is 43.5 Å². The molecule has 7 N–H and O–H groups in total. The largest absolute Gasteiger partial charge is 0.508 e. The number of hydrogen-bond donors (Lipinski definition) is 6. The molecule has 2 aromatic carbocycles. The second-order valence-electron chi connectivity index (χ2n) is 10.0. The first-order valence-corrected chi connectivity index (χ1v) is 14.8. The van der Waals surface area contributed by atoms with Crippen LogP contribution < -0.4 is 21.7 Å². The van der Waals surface area contributed by atoms with Gasteiger partial charge in [-0.3, -0.25) is 9.59 Å². The van der Waals surface area contributed by atoms with Crippen LogP contribution in [0, 0.1) is 0 Å². The molecule has 5 atom stereocenters. The molecule has 1 heterocycles. The summed E-state index contributed by atoms with van der Waals surface area (Å²) in [4.78, 5) is 38.6. The van der Waals surface area contributed by atoms with Crippen molar-refractivity contribution in [1.82, 2.24) is 16.0 Å². The SMILES string of the molecule is C[C@H](c1ccccc1)[C@@H]1NC[C@H](NC(=O)[C@@H](N)Cc2ccc(O)cc2)CSSC(C)(C)[C@H](C(=O)O)NC1=O. The Hall–Kier alpha value is -2.73. The minimum Gasteiger partial charge on any atom is -0.508 e. The molecule has 0 spiro atoms. The smallest absolute Gasteiger partial charge is 0.327 e. The maximum absolute atomic E-state index is 13.4. The highest BCUT2D eigenvalue weighted by atomic mass is 33.1. The predicted octanol–water partition coefficient (Wildman–Crippen LogP) is 2.25. The van der Waals surface area contributed by atoms with Gasteiger partial charge >= 0.3 is 5.97 Å². The molecule has 0 unspecified atom stereocenters. The summed E-state index contributed by atoms with van der Waals surface area (Å²) in [6.45, 7) is 5.77. The topological polar surface area (TPSA) is 154 Å². The van der Waals surface area contributed by atoms with E-state index < -0.39 is 34.7 Å². The average molecular weight is 561 g/mol. The predicted molar refractivity (Wildman–Crippen MR) is 152 cm³/mol. The molecule has 3 rings (SSSR count). The molecule has 206 valence electrons. The van der Waals surface area contributed by atoms with E-state index in [-0.39, 0.29) is 23.6 Å². The van der Waals surface area contributed by atoms with E-state index in [0.29, 0.717) is 18.7 Å². The van der Waals surface area contributed by atoms with Crippen molar-refractivity contribution in [3.8, 4) is 5.75 Å². The van der Waals surface area contributed by atoms with Crippen LogP contribution in [-0.2, 0) is 20.8 Å². The van der Waals surface area contributed by atoms with Crippen LogP contribution in [0.2, 0.25) is 0 Å². The fourth-order valence-corrected chi connectivity index (χ4v) is 7.12. The van der Waals surface area contributed by atoms with Crippen molar-refractivity contribution in [2.75, 3.05) is 12.3 Å². The lowest BCUT2D eigenvalue weighted by atomic mass is 9.91. The average Bonchev–Trinajstić information content (AvgIpc) is 2.89. The number of carboxylic acid groups (broad SMARTS) is 1. The Kier molecular flexibility index (Phi) is 10.5. The highest BCUT2D eigenvalue weighted by Gasteiger charge is 2.40. The maximum atomic E-state index is 13.4. The standard InChI is InChI=1S/C27H36N4O5S2/c1-16(18-7-5-4-6-8-18)22-25(34)31-23(26(35)36)27(2,3)38-37-15-19(14-29-22)30-24(33)21(28)13-17-9-11-20(32)12-10-17/h4-12,16,19,21-23,29,32H,13-15,28H2,1-3H3,(H,30,33)(H,31,34)(H,35,36)/t16-,19+,21+,22+,23+/m1/s1. The van der Waals surface area contributed by atoms with Crippen molar-refractivity contribution in [3.05, 3.63) is 65.7 Å². The van der Waals surface area contributed by atoms with Gasteiger partial charge in [-0.15, -0.1) is 0 Å². The molecule has 0 bridgehead atoms. The summed E-state index contributed by atoms with van der Waals surface area (Å²) in [6.07, 6.45) is 0.303. The van der Waals surface area contributed by atoms with E-state index in [1.54, 1.807) is 38.1 Å². The molecular weight excluding hydrogens is 524 g/mol. The van der Waals surface area contributed by atoms with E-state index in [0.717, 1.165) is 11.1 Å². The number of aliphatic carboxylic acids is 1. The second kappa shape index (κ2) is 13.4. The van der Waals surface area contributed by atoms with Crippen LogP contribution in [0.1, 0.15) is 37.8 Å². The molecule has 11 heteroatoms. The van der Waals surface area contributed by atoms with Crippen LogP contribution in [0.15, 0.2) is 54.6 Å². The number of nitrogens with one attached hydrogen (secondary N) is 3. The minimum atomic E-state index is -1.11. The van der Waals surface area contributed by atoms with Gasteiger partial charge in [0.2, 0.25) is 11.8 Å². The minimum absolute atomic E-state index is 0.140. The number of aromatic hydroxyl groups is 1. The fraction of sp³-hybridized carbons (Fsp3) is 0.444. The molecular formula is C27H36N4O5S2. The Balaban J connectivity index is 1.79. The molecule has 0 aromatic heterocycles. The molecule has 9 nitrogen and oxygen atoms in total. The Morgan fingerprint density at radius 2 is 1.82 bits per heavy atom. The first kappa shape index (κ1) is 29.8.